The lowest BCUT2D eigenvalue weighted by Gasteiger charge is -2.32. The summed E-state index contributed by atoms with van der Waals surface area (Å²) >= 11 is 1.76. The van der Waals surface area contributed by atoms with Gasteiger partial charge < -0.3 is 13.7 Å². The van der Waals surface area contributed by atoms with Gasteiger partial charge in [-0.3, -0.25) is 0 Å². The molecule has 0 aliphatic carbocycles. The van der Waals surface area contributed by atoms with Crippen LogP contribution in [-0.2, 0) is 9.31 Å². The van der Waals surface area contributed by atoms with Crippen molar-refractivity contribution in [1.82, 2.24) is 4.98 Å². The number of nitrogens with zero attached hydrogens (tertiary/aromatic N) is 1. The third kappa shape index (κ3) is 2.93. The average molecular weight is 427 g/mol. The second-order valence-electron chi connectivity index (χ2n) is 9.15. The fourth-order valence-corrected chi connectivity index (χ4v) is 5.21. The largest absolute Gasteiger partial charge is 0.494 e. The molecule has 0 N–H and O–H groups in total. The Morgan fingerprint density at radius 1 is 0.806 bits per heavy atom. The van der Waals surface area contributed by atoms with Gasteiger partial charge in [0.2, 0.25) is 5.89 Å². The van der Waals surface area contributed by atoms with Gasteiger partial charge in [0.25, 0.3) is 0 Å². The third-order valence-electron chi connectivity index (χ3n) is 6.55. The maximum atomic E-state index is 6.24. The molecule has 3 aromatic carbocycles. The van der Waals surface area contributed by atoms with Crippen molar-refractivity contribution in [3.63, 3.8) is 0 Å². The zero-order valence-corrected chi connectivity index (χ0v) is 18.7. The highest BCUT2D eigenvalue weighted by Crippen LogP contribution is 2.39. The number of benzene rings is 3. The van der Waals surface area contributed by atoms with E-state index in [4.69, 9.17) is 18.7 Å². The molecule has 1 saturated heterocycles. The summed E-state index contributed by atoms with van der Waals surface area (Å²) < 4.78 is 21.0. The van der Waals surface area contributed by atoms with Gasteiger partial charge in [0.1, 0.15) is 5.52 Å². The van der Waals surface area contributed by atoms with Gasteiger partial charge in [0, 0.05) is 25.7 Å². The van der Waals surface area contributed by atoms with E-state index >= 15 is 0 Å². The second kappa shape index (κ2) is 6.42. The highest BCUT2D eigenvalue weighted by molar-refractivity contribution is 7.26. The molecule has 6 rings (SSSR count). The first-order chi connectivity index (χ1) is 14.8. The number of oxazole rings is 1. The van der Waals surface area contributed by atoms with Crippen molar-refractivity contribution in [2.75, 3.05) is 0 Å². The molecular weight excluding hydrogens is 405 g/mol. The number of rotatable bonds is 2. The molecule has 3 heterocycles. The number of hydrogen-bond donors (Lipinski definition) is 0. The third-order valence-corrected chi connectivity index (χ3v) is 7.67. The van der Waals surface area contributed by atoms with Crippen molar-refractivity contribution >= 4 is 55.2 Å². The highest BCUT2D eigenvalue weighted by atomic mass is 32.1. The molecule has 4 nitrogen and oxygen atoms in total. The summed E-state index contributed by atoms with van der Waals surface area (Å²) in [4.78, 5) is 4.72. The molecule has 0 spiro atoms. The van der Waals surface area contributed by atoms with Crippen LogP contribution in [0.1, 0.15) is 27.7 Å². The minimum absolute atomic E-state index is 0.348. The number of hydrogen-bond acceptors (Lipinski definition) is 5. The molecule has 154 valence electrons. The Kier molecular flexibility index (Phi) is 3.95. The van der Waals surface area contributed by atoms with Crippen molar-refractivity contribution in [2.45, 2.75) is 38.9 Å². The Hall–Kier alpha value is -2.67. The minimum Gasteiger partial charge on any atom is -0.436 e. The molecule has 5 aromatic rings. The number of fused-ring (bicyclic) bond motifs is 4. The molecule has 2 aromatic heterocycles. The monoisotopic (exact) mass is 427 g/mol. The minimum atomic E-state index is -0.356. The van der Waals surface area contributed by atoms with E-state index in [0.29, 0.717) is 5.89 Å². The first kappa shape index (κ1) is 19.1. The predicted octanol–water partition coefficient (Wildman–Crippen LogP) is 6.16. The van der Waals surface area contributed by atoms with E-state index in [2.05, 4.69) is 58.0 Å². The van der Waals surface area contributed by atoms with Gasteiger partial charge in [0.05, 0.1) is 11.2 Å². The molecule has 0 radical (unpaired) electrons. The maximum absolute atomic E-state index is 6.24. The van der Waals surface area contributed by atoms with Gasteiger partial charge in [0.15, 0.2) is 5.58 Å². The molecule has 0 saturated carbocycles. The standard InChI is InChI=1S/C25H22BNO3S/c1-24(2)25(3,4)30-26(29-24)16-10-11-17-18-13-20-19(14-22(18)31-21(17)12-16)27-23(28-20)15-8-6-5-7-9-15/h5-14H,1-4H3. The smallest absolute Gasteiger partial charge is 0.436 e. The summed E-state index contributed by atoms with van der Waals surface area (Å²) in [6, 6.07) is 20.7. The molecule has 1 aliphatic heterocycles. The second-order valence-corrected chi connectivity index (χ2v) is 10.2. The van der Waals surface area contributed by atoms with Gasteiger partial charge in [-0.05, 0) is 63.5 Å². The van der Waals surface area contributed by atoms with Crippen LogP contribution in [0.5, 0.6) is 0 Å². The summed E-state index contributed by atoms with van der Waals surface area (Å²) in [5.41, 5.74) is 3.02. The first-order valence-electron chi connectivity index (χ1n) is 10.5. The lowest BCUT2D eigenvalue weighted by Crippen LogP contribution is -2.41. The molecule has 0 unspecified atom stereocenters. The topological polar surface area (TPSA) is 44.5 Å². The van der Waals surface area contributed by atoms with Crippen LogP contribution in [0.25, 0.3) is 42.7 Å². The predicted molar refractivity (Wildman–Crippen MR) is 128 cm³/mol. The molecule has 0 bridgehead atoms. The van der Waals surface area contributed by atoms with Gasteiger partial charge in [-0.15, -0.1) is 11.3 Å². The zero-order chi connectivity index (χ0) is 21.4. The summed E-state index contributed by atoms with van der Waals surface area (Å²) in [6.07, 6.45) is 0. The Bertz CT molecular complexity index is 1440. The normalized spacial score (nSPS) is 17.9. The Morgan fingerprint density at radius 2 is 1.52 bits per heavy atom. The van der Waals surface area contributed by atoms with Crippen LogP contribution in [0.15, 0.2) is 65.1 Å². The summed E-state index contributed by atoms with van der Waals surface area (Å²) in [6.45, 7) is 8.32. The molecule has 1 aliphatic rings. The fourth-order valence-electron chi connectivity index (χ4n) is 4.04. The van der Waals surface area contributed by atoms with Crippen LogP contribution < -0.4 is 5.46 Å². The van der Waals surface area contributed by atoms with Crippen LogP contribution in [0.2, 0.25) is 0 Å². The summed E-state index contributed by atoms with van der Waals surface area (Å²) in [7, 11) is -0.356. The van der Waals surface area contributed by atoms with E-state index in [1.807, 2.05) is 30.3 Å². The Morgan fingerprint density at radius 3 is 2.26 bits per heavy atom. The van der Waals surface area contributed by atoms with Crippen LogP contribution >= 0.6 is 11.3 Å². The van der Waals surface area contributed by atoms with Crippen molar-refractivity contribution in [3.8, 4) is 11.5 Å². The van der Waals surface area contributed by atoms with Crippen LogP contribution in [0, 0.1) is 0 Å². The lowest BCUT2D eigenvalue weighted by atomic mass is 9.79. The van der Waals surface area contributed by atoms with E-state index in [0.717, 1.165) is 22.1 Å². The average Bonchev–Trinajstić information content (AvgIpc) is 3.37. The van der Waals surface area contributed by atoms with E-state index in [1.54, 1.807) is 11.3 Å². The highest BCUT2D eigenvalue weighted by Gasteiger charge is 2.51. The SMILES string of the molecule is CC1(C)OB(c2ccc3c(c2)sc2cc4nc(-c5ccccc5)oc4cc23)OC1(C)C. The van der Waals surface area contributed by atoms with Crippen molar-refractivity contribution in [2.24, 2.45) is 0 Å². The number of thiophene rings is 1. The van der Waals surface area contributed by atoms with Gasteiger partial charge in [-0.25, -0.2) is 4.98 Å². The molecule has 31 heavy (non-hydrogen) atoms. The van der Waals surface area contributed by atoms with E-state index in [9.17, 15) is 0 Å². The summed E-state index contributed by atoms with van der Waals surface area (Å²) in [5.74, 6) is 0.653. The molecular formula is C25H22BNO3S. The maximum Gasteiger partial charge on any atom is 0.494 e. The van der Waals surface area contributed by atoms with Crippen LogP contribution in [-0.4, -0.2) is 23.3 Å². The van der Waals surface area contributed by atoms with Crippen LogP contribution in [0.4, 0.5) is 0 Å². The molecule has 0 atom stereocenters. The Balaban J connectivity index is 1.43. The lowest BCUT2D eigenvalue weighted by molar-refractivity contribution is 0.00578. The molecule has 0 amide bonds. The van der Waals surface area contributed by atoms with Crippen molar-refractivity contribution < 1.29 is 13.7 Å². The summed E-state index contributed by atoms with van der Waals surface area (Å²) in [5, 5.41) is 2.39. The molecule has 6 heteroatoms. The molecule has 1 fully saturated rings. The van der Waals surface area contributed by atoms with Gasteiger partial charge in [-0.2, -0.15) is 0 Å². The number of aromatic nitrogens is 1. The van der Waals surface area contributed by atoms with E-state index in [-0.39, 0.29) is 18.3 Å². The van der Waals surface area contributed by atoms with Gasteiger partial charge >= 0.3 is 7.12 Å². The van der Waals surface area contributed by atoms with Crippen molar-refractivity contribution in [1.29, 1.82) is 0 Å². The fraction of sp³-hybridized carbons (Fsp3) is 0.240. The first-order valence-corrected chi connectivity index (χ1v) is 11.3. The van der Waals surface area contributed by atoms with Crippen LogP contribution in [0.3, 0.4) is 0 Å². The van der Waals surface area contributed by atoms with Gasteiger partial charge in [-0.1, -0.05) is 30.3 Å². The van der Waals surface area contributed by atoms with Crippen molar-refractivity contribution in [3.05, 3.63) is 60.7 Å². The Labute approximate surface area is 184 Å². The van der Waals surface area contributed by atoms with E-state index in [1.165, 1.54) is 20.2 Å². The quantitative estimate of drug-likeness (QED) is 0.317. The van der Waals surface area contributed by atoms with E-state index < -0.39 is 0 Å². The zero-order valence-electron chi connectivity index (χ0n) is 17.9.